The van der Waals surface area contributed by atoms with E-state index in [0.717, 1.165) is 18.4 Å². The van der Waals surface area contributed by atoms with E-state index in [0.29, 0.717) is 24.5 Å². The number of rotatable bonds is 12. The standard InChI is InChI=1S/C30H37N6O7P/c1-2-3-18-43-30(39)36-16-14-35(15-17-36)29(38)25(21-44(40,41)42)33-28(37)24-19-26(31-20-22-10-6-4-7-11-22)34-27(32-24)23-12-8-5-9-13-23/h4-13,19,25H,2-3,14-18,20-21H2,1H3,(H,33,37)(H,31,32,34)(H2,40,41,42)/t25-/m0/s1. The summed E-state index contributed by atoms with van der Waals surface area (Å²) >= 11 is 0. The maximum Gasteiger partial charge on any atom is 0.409 e. The Morgan fingerprint density at radius 1 is 0.955 bits per heavy atom. The smallest absolute Gasteiger partial charge is 0.409 e. The number of hydrogen-bond acceptors (Lipinski definition) is 8. The molecule has 3 amide bonds. The van der Waals surface area contributed by atoms with Gasteiger partial charge >= 0.3 is 13.7 Å². The van der Waals surface area contributed by atoms with Gasteiger partial charge in [-0.25, -0.2) is 14.8 Å². The Bertz CT molecular complexity index is 1460. The number of amides is 3. The van der Waals surface area contributed by atoms with Crippen molar-refractivity contribution >= 4 is 31.3 Å². The molecule has 0 aliphatic carbocycles. The van der Waals surface area contributed by atoms with Gasteiger partial charge < -0.3 is 35.0 Å². The Morgan fingerprint density at radius 3 is 2.23 bits per heavy atom. The van der Waals surface area contributed by atoms with Gasteiger partial charge in [-0.15, -0.1) is 0 Å². The van der Waals surface area contributed by atoms with E-state index in [9.17, 15) is 28.7 Å². The van der Waals surface area contributed by atoms with Gasteiger partial charge in [0.15, 0.2) is 5.82 Å². The van der Waals surface area contributed by atoms with Crippen molar-refractivity contribution in [2.75, 3.05) is 44.3 Å². The molecule has 1 aliphatic rings. The van der Waals surface area contributed by atoms with Gasteiger partial charge in [0.2, 0.25) is 5.91 Å². The fraction of sp³-hybridized carbons (Fsp3) is 0.367. The van der Waals surface area contributed by atoms with Crippen molar-refractivity contribution < 1.29 is 33.5 Å². The highest BCUT2D eigenvalue weighted by Gasteiger charge is 2.35. The second kappa shape index (κ2) is 15.4. The first-order chi connectivity index (χ1) is 21.1. The molecule has 234 valence electrons. The molecule has 2 aromatic carbocycles. The molecule has 0 bridgehead atoms. The molecule has 1 fully saturated rings. The normalized spacial score (nSPS) is 14.1. The van der Waals surface area contributed by atoms with Gasteiger partial charge in [-0.05, 0) is 12.0 Å². The molecule has 1 aliphatic heterocycles. The molecule has 1 atom stereocenters. The Labute approximate surface area is 255 Å². The minimum absolute atomic E-state index is 0.0856. The molecule has 3 aromatic rings. The lowest BCUT2D eigenvalue weighted by Gasteiger charge is -2.36. The van der Waals surface area contributed by atoms with E-state index in [1.807, 2.05) is 55.5 Å². The number of anilines is 1. The van der Waals surface area contributed by atoms with Crippen molar-refractivity contribution in [3.05, 3.63) is 78.0 Å². The van der Waals surface area contributed by atoms with Crippen molar-refractivity contribution in [1.82, 2.24) is 25.1 Å². The van der Waals surface area contributed by atoms with Crippen LogP contribution in [0, 0.1) is 0 Å². The average molecular weight is 625 g/mol. The van der Waals surface area contributed by atoms with Crippen LogP contribution < -0.4 is 10.6 Å². The molecule has 4 N–H and O–H groups in total. The number of hydrogen-bond donors (Lipinski definition) is 4. The Kier molecular flexibility index (Phi) is 11.4. The van der Waals surface area contributed by atoms with Crippen LogP contribution in [0.2, 0.25) is 0 Å². The molecule has 0 spiro atoms. The first-order valence-electron chi connectivity index (χ1n) is 14.4. The third-order valence-corrected chi connectivity index (χ3v) is 7.74. The third kappa shape index (κ3) is 9.60. The molecule has 0 unspecified atom stereocenters. The lowest BCUT2D eigenvalue weighted by molar-refractivity contribution is -0.134. The second-order valence-electron chi connectivity index (χ2n) is 10.3. The topological polar surface area (TPSA) is 174 Å². The number of piperazine rings is 1. The van der Waals surface area contributed by atoms with Gasteiger partial charge in [-0.3, -0.25) is 14.2 Å². The van der Waals surface area contributed by atoms with Gasteiger partial charge in [0.05, 0.1) is 12.8 Å². The van der Waals surface area contributed by atoms with E-state index in [-0.39, 0.29) is 37.7 Å². The van der Waals surface area contributed by atoms with Crippen LogP contribution in [0.3, 0.4) is 0 Å². The van der Waals surface area contributed by atoms with Gasteiger partial charge in [0, 0.05) is 44.4 Å². The van der Waals surface area contributed by atoms with Crippen molar-refractivity contribution in [3.8, 4) is 11.4 Å². The zero-order chi connectivity index (χ0) is 31.5. The predicted octanol–water partition coefficient (Wildman–Crippen LogP) is 3.11. The summed E-state index contributed by atoms with van der Waals surface area (Å²) in [7, 11) is -4.72. The van der Waals surface area contributed by atoms with Crippen molar-refractivity contribution in [2.45, 2.75) is 32.4 Å². The number of carbonyl (C=O) groups excluding carboxylic acids is 3. The van der Waals surface area contributed by atoms with Gasteiger partial charge in [0.25, 0.3) is 5.91 Å². The quantitative estimate of drug-likeness (QED) is 0.173. The van der Waals surface area contributed by atoms with Crippen molar-refractivity contribution in [3.63, 3.8) is 0 Å². The van der Waals surface area contributed by atoms with Crippen LogP contribution in [-0.4, -0.2) is 92.5 Å². The summed E-state index contributed by atoms with van der Waals surface area (Å²) in [6, 6.07) is 18.5. The summed E-state index contributed by atoms with van der Waals surface area (Å²) in [5.41, 5.74) is 1.55. The Morgan fingerprint density at radius 2 is 1.59 bits per heavy atom. The molecule has 0 saturated carbocycles. The second-order valence-corrected chi connectivity index (χ2v) is 12.0. The van der Waals surface area contributed by atoms with Crippen LogP contribution in [-0.2, 0) is 20.6 Å². The van der Waals surface area contributed by atoms with Crippen molar-refractivity contribution in [2.24, 2.45) is 0 Å². The molecule has 44 heavy (non-hydrogen) atoms. The molecule has 2 heterocycles. The molecule has 1 aromatic heterocycles. The number of nitrogens with zero attached hydrogens (tertiary/aromatic N) is 4. The highest BCUT2D eigenvalue weighted by atomic mass is 31.2. The van der Waals surface area contributed by atoms with Crippen LogP contribution in [0.25, 0.3) is 11.4 Å². The summed E-state index contributed by atoms with van der Waals surface area (Å²) < 4.78 is 17.2. The number of benzene rings is 2. The molecule has 14 heteroatoms. The summed E-state index contributed by atoms with van der Waals surface area (Å²) in [6.07, 6.45) is 0.265. The number of aromatic nitrogens is 2. The van der Waals surface area contributed by atoms with Crippen LogP contribution >= 0.6 is 7.60 Å². The third-order valence-electron chi connectivity index (χ3n) is 6.90. The van der Waals surface area contributed by atoms with E-state index in [1.54, 1.807) is 12.1 Å². The number of nitrogens with one attached hydrogen (secondary N) is 2. The molecular formula is C30H37N6O7P. The van der Waals surface area contributed by atoms with Crippen LogP contribution in [0.1, 0.15) is 35.8 Å². The highest BCUT2D eigenvalue weighted by molar-refractivity contribution is 7.51. The van der Waals surface area contributed by atoms with E-state index < -0.39 is 37.7 Å². The van der Waals surface area contributed by atoms with Gasteiger partial charge in [-0.1, -0.05) is 74.0 Å². The minimum Gasteiger partial charge on any atom is -0.449 e. The largest absolute Gasteiger partial charge is 0.449 e. The monoisotopic (exact) mass is 624 g/mol. The predicted molar refractivity (Wildman–Crippen MR) is 164 cm³/mol. The number of carbonyl (C=O) groups is 3. The van der Waals surface area contributed by atoms with Crippen LogP contribution in [0.4, 0.5) is 10.6 Å². The van der Waals surface area contributed by atoms with E-state index in [4.69, 9.17) is 4.74 Å². The lowest BCUT2D eigenvalue weighted by Crippen LogP contribution is -2.56. The first-order valence-corrected chi connectivity index (χ1v) is 16.2. The summed E-state index contributed by atoms with van der Waals surface area (Å²) in [5.74, 6) is -0.848. The molecule has 1 saturated heterocycles. The lowest BCUT2D eigenvalue weighted by atomic mass is 10.2. The first kappa shape index (κ1) is 32.6. The van der Waals surface area contributed by atoms with Crippen molar-refractivity contribution in [1.29, 1.82) is 0 Å². The highest BCUT2D eigenvalue weighted by Crippen LogP contribution is 2.35. The zero-order valence-corrected chi connectivity index (χ0v) is 25.4. The number of unbranched alkanes of at least 4 members (excludes halogenated alkanes) is 1. The minimum atomic E-state index is -4.72. The SMILES string of the molecule is CCCCOC(=O)N1CCN(C(=O)[C@H](CP(=O)(O)O)NC(=O)c2cc(NCc3ccccc3)nc(-c3ccccc3)n2)CC1. The fourth-order valence-corrected chi connectivity index (χ4v) is 5.26. The summed E-state index contributed by atoms with van der Waals surface area (Å²) in [4.78, 5) is 70.5. The van der Waals surface area contributed by atoms with E-state index in [2.05, 4.69) is 20.6 Å². The zero-order valence-electron chi connectivity index (χ0n) is 24.5. The molecule has 13 nitrogen and oxygen atoms in total. The maximum atomic E-state index is 13.5. The van der Waals surface area contributed by atoms with Crippen LogP contribution in [0.15, 0.2) is 66.7 Å². The summed E-state index contributed by atoms with van der Waals surface area (Å²) in [6.45, 7) is 3.34. The molecular weight excluding hydrogens is 587 g/mol. The van der Waals surface area contributed by atoms with Crippen LogP contribution in [0.5, 0.6) is 0 Å². The summed E-state index contributed by atoms with van der Waals surface area (Å²) in [5, 5.41) is 5.68. The molecule has 0 radical (unpaired) electrons. The van der Waals surface area contributed by atoms with E-state index >= 15 is 0 Å². The Balaban J connectivity index is 1.50. The van der Waals surface area contributed by atoms with Gasteiger partial charge in [-0.2, -0.15) is 0 Å². The van der Waals surface area contributed by atoms with E-state index in [1.165, 1.54) is 15.9 Å². The number of ether oxygens (including phenoxy) is 1. The maximum absolute atomic E-state index is 13.5. The fourth-order valence-electron chi connectivity index (χ4n) is 4.54. The average Bonchev–Trinajstić information content (AvgIpc) is 3.03. The van der Waals surface area contributed by atoms with Gasteiger partial charge in [0.1, 0.15) is 17.6 Å². The Hall–Kier alpha value is -4.32. The molecule has 4 rings (SSSR count).